The van der Waals surface area contributed by atoms with Crippen molar-refractivity contribution in [2.24, 2.45) is 0 Å². The first-order valence-electron chi connectivity index (χ1n) is 10.5. The Bertz CT molecular complexity index is 1140. The smallest absolute Gasteiger partial charge is 0.257 e. The molecule has 1 aliphatic rings. The molecule has 4 rings (SSSR count). The van der Waals surface area contributed by atoms with Gasteiger partial charge in [-0.05, 0) is 38.4 Å². The van der Waals surface area contributed by atoms with Crippen molar-refractivity contribution < 1.29 is 14.3 Å². The molecular weight excluding hydrogens is 394 g/mol. The first kappa shape index (κ1) is 21.1. The number of hydrogen-bond donors (Lipinski definition) is 1. The third-order valence-electron chi connectivity index (χ3n) is 5.65. The van der Waals surface area contributed by atoms with Crippen molar-refractivity contribution in [2.75, 3.05) is 32.2 Å². The predicted octanol–water partition coefficient (Wildman–Crippen LogP) is 2.27. The summed E-state index contributed by atoms with van der Waals surface area (Å²) in [6.07, 6.45) is 3.60. The molecule has 162 valence electrons. The molecule has 1 aromatic carbocycles. The van der Waals surface area contributed by atoms with E-state index in [1.165, 1.54) is 7.11 Å². The number of hydrogen-bond acceptors (Lipinski definition) is 6. The number of anilines is 1. The van der Waals surface area contributed by atoms with Crippen LogP contribution >= 0.6 is 0 Å². The maximum absolute atomic E-state index is 12.8. The summed E-state index contributed by atoms with van der Waals surface area (Å²) in [5, 5.41) is 4.08. The number of aryl methyl sites for hydroxylation is 1. The van der Waals surface area contributed by atoms with Gasteiger partial charge in [0.25, 0.3) is 5.91 Å². The first-order valence-corrected chi connectivity index (χ1v) is 10.5. The van der Waals surface area contributed by atoms with Gasteiger partial charge in [-0.3, -0.25) is 19.1 Å². The molecule has 0 atom stereocenters. The molecule has 0 unspecified atom stereocenters. The summed E-state index contributed by atoms with van der Waals surface area (Å²) in [7, 11) is 3.36. The van der Waals surface area contributed by atoms with Gasteiger partial charge in [0.15, 0.2) is 0 Å². The lowest BCUT2D eigenvalue weighted by Crippen LogP contribution is -2.38. The second-order valence-electron chi connectivity index (χ2n) is 7.72. The molecule has 1 N–H and O–H groups in total. The summed E-state index contributed by atoms with van der Waals surface area (Å²) < 4.78 is 6.66. The van der Waals surface area contributed by atoms with Gasteiger partial charge in [-0.25, -0.2) is 9.97 Å². The molecule has 3 heterocycles. The lowest BCUT2D eigenvalue weighted by molar-refractivity contribution is -0.118. The molecular formula is C23H27N5O3. The van der Waals surface area contributed by atoms with Crippen molar-refractivity contribution in [1.82, 2.24) is 19.9 Å². The van der Waals surface area contributed by atoms with Gasteiger partial charge in [-0.15, -0.1) is 0 Å². The first-order chi connectivity index (χ1) is 15.0. The van der Waals surface area contributed by atoms with E-state index in [1.807, 2.05) is 44.4 Å². The Kier molecular flexibility index (Phi) is 6.11. The summed E-state index contributed by atoms with van der Waals surface area (Å²) in [5.41, 5.74) is 3.83. The highest BCUT2D eigenvalue weighted by Crippen LogP contribution is 2.29. The Morgan fingerprint density at radius 3 is 2.81 bits per heavy atom. The summed E-state index contributed by atoms with van der Waals surface area (Å²) in [6.45, 7) is 3.03. The summed E-state index contributed by atoms with van der Waals surface area (Å²) >= 11 is 0. The van der Waals surface area contributed by atoms with Crippen molar-refractivity contribution >= 4 is 28.5 Å². The van der Waals surface area contributed by atoms with E-state index in [4.69, 9.17) is 4.74 Å². The molecule has 0 radical (unpaired) electrons. The summed E-state index contributed by atoms with van der Waals surface area (Å²) in [6, 6.07) is 7.80. The highest BCUT2D eigenvalue weighted by Gasteiger charge is 2.28. The zero-order valence-corrected chi connectivity index (χ0v) is 18.1. The number of benzene rings is 1. The second kappa shape index (κ2) is 8.95. The van der Waals surface area contributed by atoms with Crippen molar-refractivity contribution in [2.45, 2.75) is 32.7 Å². The minimum absolute atomic E-state index is 0.0144. The van der Waals surface area contributed by atoms with Crippen LogP contribution in [0.5, 0.6) is 0 Å². The monoisotopic (exact) mass is 421 g/mol. The topological polar surface area (TPSA) is 89.3 Å². The molecule has 0 saturated carbocycles. The SMILES string of the molecule is CNCc1nc(C)c2c(n1)N(CCc1cn(C(=O)COC)c3ccccc13)C(=O)CC2. The third kappa shape index (κ3) is 4.08. The second-order valence-corrected chi connectivity index (χ2v) is 7.72. The number of rotatable bonds is 7. The number of carbonyl (C=O) groups is 2. The number of fused-ring (bicyclic) bond motifs is 2. The van der Waals surface area contributed by atoms with Crippen LogP contribution in [-0.4, -0.2) is 53.7 Å². The number of ether oxygens (including phenoxy) is 1. The highest BCUT2D eigenvalue weighted by atomic mass is 16.5. The van der Waals surface area contributed by atoms with E-state index in [0.717, 1.165) is 27.7 Å². The van der Waals surface area contributed by atoms with Crippen LogP contribution in [0.3, 0.4) is 0 Å². The van der Waals surface area contributed by atoms with E-state index in [9.17, 15) is 9.59 Å². The van der Waals surface area contributed by atoms with E-state index < -0.39 is 0 Å². The minimum atomic E-state index is -0.121. The van der Waals surface area contributed by atoms with Gasteiger partial charge in [-0.2, -0.15) is 0 Å². The average molecular weight is 422 g/mol. The largest absolute Gasteiger partial charge is 0.375 e. The molecule has 1 amide bonds. The molecule has 0 spiro atoms. The van der Waals surface area contributed by atoms with Crippen LogP contribution in [0.1, 0.15) is 33.9 Å². The van der Waals surface area contributed by atoms with Gasteiger partial charge in [0.2, 0.25) is 5.91 Å². The molecule has 0 aliphatic carbocycles. The molecule has 0 saturated heterocycles. The zero-order chi connectivity index (χ0) is 22.0. The number of methoxy groups -OCH3 is 1. The van der Waals surface area contributed by atoms with Crippen LogP contribution in [-0.2, 0) is 28.9 Å². The number of para-hydroxylation sites is 1. The Morgan fingerprint density at radius 1 is 1.23 bits per heavy atom. The summed E-state index contributed by atoms with van der Waals surface area (Å²) in [5.74, 6) is 1.35. The lowest BCUT2D eigenvalue weighted by atomic mass is 10.0. The quantitative estimate of drug-likeness (QED) is 0.630. The number of nitrogens with one attached hydrogen (secondary N) is 1. The Labute approximate surface area is 181 Å². The Hall–Kier alpha value is -3.10. The molecule has 31 heavy (non-hydrogen) atoms. The molecule has 8 heteroatoms. The number of amides is 1. The number of aromatic nitrogens is 3. The van der Waals surface area contributed by atoms with Crippen molar-refractivity contribution in [3.05, 3.63) is 53.1 Å². The van der Waals surface area contributed by atoms with E-state index >= 15 is 0 Å². The van der Waals surface area contributed by atoms with Crippen LogP contribution in [0.15, 0.2) is 30.5 Å². The molecule has 2 aromatic heterocycles. The van der Waals surface area contributed by atoms with Gasteiger partial charge in [0, 0.05) is 42.9 Å². The minimum Gasteiger partial charge on any atom is -0.375 e. The normalized spacial score (nSPS) is 13.6. The van der Waals surface area contributed by atoms with Crippen LogP contribution < -0.4 is 10.2 Å². The van der Waals surface area contributed by atoms with Gasteiger partial charge in [-0.1, -0.05) is 18.2 Å². The fourth-order valence-corrected chi connectivity index (χ4v) is 4.19. The van der Waals surface area contributed by atoms with E-state index in [2.05, 4.69) is 15.3 Å². The van der Waals surface area contributed by atoms with Crippen molar-refractivity contribution in [3.8, 4) is 0 Å². The fraction of sp³-hybridized carbons (Fsp3) is 0.391. The molecule has 0 bridgehead atoms. The number of nitrogens with zero attached hydrogens (tertiary/aromatic N) is 4. The molecule has 1 aliphatic heterocycles. The highest BCUT2D eigenvalue weighted by molar-refractivity contribution is 5.96. The number of carbonyl (C=O) groups excluding carboxylic acids is 2. The van der Waals surface area contributed by atoms with E-state index in [1.54, 1.807) is 9.47 Å². The maximum Gasteiger partial charge on any atom is 0.257 e. The third-order valence-corrected chi connectivity index (χ3v) is 5.65. The van der Waals surface area contributed by atoms with Crippen molar-refractivity contribution in [1.29, 1.82) is 0 Å². The van der Waals surface area contributed by atoms with Crippen LogP contribution in [0.25, 0.3) is 10.9 Å². The van der Waals surface area contributed by atoms with Crippen LogP contribution in [0, 0.1) is 6.92 Å². The average Bonchev–Trinajstić information content (AvgIpc) is 3.12. The Balaban J connectivity index is 1.65. The zero-order valence-electron chi connectivity index (χ0n) is 18.1. The standard InChI is InChI=1S/C23H27N5O3/c1-15-17-8-9-21(29)27(23(17)26-20(25-15)12-24-2)11-10-16-13-28(22(30)14-31-3)19-7-5-4-6-18(16)19/h4-7,13,24H,8-12,14H2,1-3H3. The van der Waals surface area contributed by atoms with Gasteiger partial charge in [0.1, 0.15) is 18.2 Å². The molecule has 8 nitrogen and oxygen atoms in total. The van der Waals surface area contributed by atoms with Gasteiger partial charge in [0.05, 0.1) is 12.1 Å². The fourth-order valence-electron chi connectivity index (χ4n) is 4.19. The van der Waals surface area contributed by atoms with Gasteiger partial charge < -0.3 is 10.1 Å². The predicted molar refractivity (Wildman–Crippen MR) is 118 cm³/mol. The van der Waals surface area contributed by atoms with E-state index in [0.29, 0.717) is 44.0 Å². The summed E-state index contributed by atoms with van der Waals surface area (Å²) in [4.78, 5) is 36.3. The van der Waals surface area contributed by atoms with Crippen molar-refractivity contribution in [3.63, 3.8) is 0 Å². The van der Waals surface area contributed by atoms with Gasteiger partial charge >= 0.3 is 0 Å². The maximum atomic E-state index is 12.8. The van der Waals surface area contributed by atoms with Crippen LogP contribution in [0.4, 0.5) is 5.82 Å². The van der Waals surface area contributed by atoms with Crippen LogP contribution in [0.2, 0.25) is 0 Å². The molecule has 0 fully saturated rings. The molecule has 3 aromatic rings. The van der Waals surface area contributed by atoms with E-state index in [-0.39, 0.29) is 18.4 Å². The lowest BCUT2D eigenvalue weighted by Gasteiger charge is -2.29. The Morgan fingerprint density at radius 2 is 2.03 bits per heavy atom.